The van der Waals surface area contributed by atoms with Gasteiger partial charge in [-0.1, -0.05) is 5.16 Å². The van der Waals surface area contributed by atoms with E-state index in [9.17, 15) is 21.6 Å². The van der Waals surface area contributed by atoms with Crippen LogP contribution in [0.15, 0.2) is 39.8 Å². The minimum atomic E-state index is -3.30. The van der Waals surface area contributed by atoms with Crippen LogP contribution in [0.4, 0.5) is 0 Å². The van der Waals surface area contributed by atoms with Crippen LogP contribution >= 0.6 is 0 Å². The van der Waals surface area contributed by atoms with E-state index in [0.29, 0.717) is 11.3 Å². The van der Waals surface area contributed by atoms with Crippen LogP contribution < -0.4 is 0 Å². The van der Waals surface area contributed by atoms with Gasteiger partial charge in [0, 0.05) is 44.1 Å². The van der Waals surface area contributed by atoms with Crippen molar-refractivity contribution in [1.82, 2.24) is 14.4 Å². The summed E-state index contributed by atoms with van der Waals surface area (Å²) in [5, 5.41) is 3.81. The molecule has 0 atom stereocenters. The van der Waals surface area contributed by atoms with Gasteiger partial charge in [-0.25, -0.2) is 16.8 Å². The van der Waals surface area contributed by atoms with Crippen molar-refractivity contribution in [3.63, 3.8) is 0 Å². The van der Waals surface area contributed by atoms with Gasteiger partial charge in [0.2, 0.25) is 10.0 Å². The van der Waals surface area contributed by atoms with E-state index in [-0.39, 0.29) is 48.4 Å². The van der Waals surface area contributed by atoms with Gasteiger partial charge < -0.3 is 9.42 Å². The summed E-state index contributed by atoms with van der Waals surface area (Å²) in [6, 6.07) is 7.58. The molecule has 2 aromatic rings. The minimum Gasteiger partial charge on any atom is -0.355 e. The second kappa shape index (κ2) is 7.64. The molecule has 28 heavy (non-hydrogen) atoms. The van der Waals surface area contributed by atoms with Crippen molar-refractivity contribution in [2.75, 3.05) is 38.2 Å². The molecule has 2 heterocycles. The first-order valence-corrected chi connectivity index (χ1v) is 12.2. The number of amides is 1. The van der Waals surface area contributed by atoms with Crippen molar-refractivity contribution in [2.24, 2.45) is 0 Å². The van der Waals surface area contributed by atoms with Crippen LogP contribution in [-0.4, -0.2) is 75.3 Å². The van der Waals surface area contributed by atoms with Crippen LogP contribution in [0.1, 0.15) is 17.4 Å². The first kappa shape index (κ1) is 20.5. The van der Waals surface area contributed by atoms with E-state index in [1.165, 1.54) is 27.4 Å². The molecule has 1 saturated heterocycles. The highest BCUT2D eigenvalue weighted by Crippen LogP contribution is 2.23. The van der Waals surface area contributed by atoms with Gasteiger partial charge in [-0.3, -0.25) is 4.79 Å². The Bertz CT molecular complexity index is 1070. The largest absolute Gasteiger partial charge is 0.355 e. The molecule has 0 bridgehead atoms. The summed E-state index contributed by atoms with van der Waals surface area (Å²) < 4.78 is 53.5. The van der Waals surface area contributed by atoms with E-state index in [0.717, 1.165) is 6.26 Å². The Morgan fingerprint density at radius 1 is 1.07 bits per heavy atom. The molecule has 0 aliphatic carbocycles. The molecule has 0 unspecified atom stereocenters. The van der Waals surface area contributed by atoms with Crippen LogP contribution in [0.3, 0.4) is 0 Å². The topological polar surface area (TPSA) is 118 Å². The third-order valence-electron chi connectivity index (χ3n) is 4.58. The van der Waals surface area contributed by atoms with Crippen LogP contribution in [0, 0.1) is 0 Å². The van der Waals surface area contributed by atoms with E-state index in [2.05, 4.69) is 5.16 Å². The van der Waals surface area contributed by atoms with Crippen molar-refractivity contribution in [2.45, 2.75) is 11.8 Å². The summed E-state index contributed by atoms with van der Waals surface area (Å²) >= 11 is 0. The molecule has 11 heteroatoms. The van der Waals surface area contributed by atoms with Gasteiger partial charge in [0.05, 0.1) is 10.6 Å². The first-order chi connectivity index (χ1) is 13.1. The fourth-order valence-corrected chi connectivity index (χ4v) is 4.61. The van der Waals surface area contributed by atoms with Crippen LogP contribution in [-0.2, 0) is 19.9 Å². The highest BCUT2D eigenvalue weighted by molar-refractivity contribution is 7.90. The Morgan fingerprint density at radius 2 is 1.68 bits per heavy atom. The summed E-state index contributed by atoms with van der Waals surface area (Å²) in [7, 11) is -6.56. The Kier molecular flexibility index (Phi) is 5.60. The molecule has 0 spiro atoms. The highest BCUT2D eigenvalue weighted by atomic mass is 32.2. The maximum atomic E-state index is 12.6. The third-order valence-corrected chi connectivity index (χ3v) is 7.59. The predicted molar refractivity (Wildman–Crippen MR) is 102 cm³/mol. The molecule has 1 fully saturated rings. The normalized spacial score (nSPS) is 16.3. The summed E-state index contributed by atoms with van der Waals surface area (Å²) in [4.78, 5) is 14.3. The van der Waals surface area contributed by atoms with Gasteiger partial charge in [-0.05, 0) is 31.2 Å². The van der Waals surface area contributed by atoms with E-state index < -0.39 is 19.9 Å². The second-order valence-corrected chi connectivity index (χ2v) is 10.7. The number of sulfone groups is 1. The number of hydrogen-bond donors (Lipinski definition) is 0. The molecule has 0 saturated carbocycles. The van der Waals surface area contributed by atoms with Gasteiger partial charge in [-0.2, -0.15) is 4.31 Å². The molecule has 1 aromatic heterocycles. The monoisotopic (exact) mass is 427 g/mol. The molecule has 152 valence electrons. The molecular weight excluding hydrogens is 406 g/mol. The number of nitrogens with zero attached hydrogens (tertiary/aromatic N) is 3. The standard InChI is InChI=1S/C17H21N3O6S2/c1-3-28(24,25)20-10-8-19(9-11-20)17(21)15-12-16(26-18-15)13-4-6-14(7-5-13)27(2,22)23/h4-7,12H,3,8-11H2,1-2H3. The molecule has 1 aliphatic heterocycles. The lowest BCUT2D eigenvalue weighted by atomic mass is 10.1. The second-order valence-electron chi connectivity index (χ2n) is 6.46. The third kappa shape index (κ3) is 4.26. The molecule has 0 radical (unpaired) electrons. The zero-order valence-corrected chi connectivity index (χ0v) is 17.2. The van der Waals surface area contributed by atoms with Crippen molar-refractivity contribution < 1.29 is 26.2 Å². The van der Waals surface area contributed by atoms with Gasteiger partial charge in [0.25, 0.3) is 5.91 Å². The SMILES string of the molecule is CCS(=O)(=O)N1CCN(C(=O)c2cc(-c3ccc(S(C)(=O)=O)cc3)on2)CC1. The van der Waals surface area contributed by atoms with Crippen LogP contribution in [0.25, 0.3) is 11.3 Å². The lowest BCUT2D eigenvalue weighted by Gasteiger charge is -2.33. The van der Waals surface area contributed by atoms with Gasteiger partial charge in [-0.15, -0.1) is 0 Å². The Hall–Kier alpha value is -2.24. The number of hydrogen-bond acceptors (Lipinski definition) is 7. The van der Waals surface area contributed by atoms with Crippen molar-refractivity contribution >= 4 is 25.8 Å². The number of rotatable bonds is 5. The number of carbonyl (C=O) groups excluding carboxylic acids is 1. The maximum absolute atomic E-state index is 12.6. The minimum absolute atomic E-state index is 0.0334. The quantitative estimate of drug-likeness (QED) is 0.694. The van der Waals surface area contributed by atoms with Gasteiger partial charge in [0.15, 0.2) is 21.3 Å². The molecule has 9 nitrogen and oxygen atoms in total. The van der Waals surface area contributed by atoms with E-state index in [1.54, 1.807) is 19.1 Å². The summed E-state index contributed by atoms with van der Waals surface area (Å²) in [6.45, 7) is 2.65. The molecular formula is C17H21N3O6S2. The maximum Gasteiger partial charge on any atom is 0.276 e. The summed E-state index contributed by atoms with van der Waals surface area (Å²) in [6.07, 6.45) is 1.12. The van der Waals surface area contributed by atoms with E-state index >= 15 is 0 Å². The molecule has 1 aliphatic rings. The Balaban J connectivity index is 1.70. The molecule has 1 amide bonds. The Labute approximate surface area is 163 Å². The smallest absolute Gasteiger partial charge is 0.276 e. The fourth-order valence-electron chi connectivity index (χ4n) is 2.89. The number of benzene rings is 1. The molecule has 0 N–H and O–H groups in total. The zero-order chi connectivity index (χ0) is 20.5. The molecule has 1 aromatic carbocycles. The predicted octanol–water partition coefficient (Wildman–Crippen LogP) is 0.853. The van der Waals surface area contributed by atoms with Crippen molar-refractivity contribution in [3.05, 3.63) is 36.0 Å². The average molecular weight is 428 g/mol. The lowest BCUT2D eigenvalue weighted by molar-refractivity contribution is 0.0687. The zero-order valence-electron chi connectivity index (χ0n) is 15.5. The van der Waals surface area contributed by atoms with Crippen LogP contribution in [0.2, 0.25) is 0 Å². The Morgan fingerprint density at radius 3 is 2.21 bits per heavy atom. The summed E-state index contributed by atoms with van der Waals surface area (Å²) in [5.74, 6) is 0.0398. The van der Waals surface area contributed by atoms with Crippen LogP contribution in [0.5, 0.6) is 0 Å². The van der Waals surface area contributed by atoms with Crippen molar-refractivity contribution in [3.8, 4) is 11.3 Å². The van der Waals surface area contributed by atoms with E-state index in [1.807, 2.05) is 0 Å². The number of aromatic nitrogens is 1. The highest BCUT2D eigenvalue weighted by Gasteiger charge is 2.29. The first-order valence-electron chi connectivity index (χ1n) is 8.66. The van der Waals surface area contributed by atoms with Gasteiger partial charge in [0.1, 0.15) is 0 Å². The summed E-state index contributed by atoms with van der Waals surface area (Å²) in [5.41, 5.74) is 0.715. The van der Waals surface area contributed by atoms with E-state index in [4.69, 9.17) is 4.52 Å². The lowest BCUT2D eigenvalue weighted by Crippen LogP contribution is -2.50. The number of carbonyl (C=O) groups is 1. The number of sulfonamides is 1. The van der Waals surface area contributed by atoms with Gasteiger partial charge >= 0.3 is 0 Å². The van der Waals surface area contributed by atoms with Crippen molar-refractivity contribution in [1.29, 1.82) is 0 Å². The average Bonchev–Trinajstić information content (AvgIpc) is 3.17. The fraction of sp³-hybridized carbons (Fsp3) is 0.412. The molecule has 3 rings (SSSR count). The number of piperazine rings is 1.